The van der Waals surface area contributed by atoms with E-state index in [1.165, 1.54) is 40.7 Å². The molecule has 1 aliphatic heterocycles. The van der Waals surface area contributed by atoms with Gasteiger partial charge in [0.1, 0.15) is 0 Å². The summed E-state index contributed by atoms with van der Waals surface area (Å²) in [5, 5.41) is 3.13. The standard InChI is InChI=1S/C24H23BrClN3O5S2/c1-2-28(35(31,32)21-9-4-18(25)5-10-21)16-24(30)27-20-8-3-17-13-14-29(23(17)15-20)36(33,34)22-11-6-19(26)7-12-22/h3-12,15H,2,13-14,16H2,1H3,(H,27,30). The molecule has 0 aromatic heterocycles. The number of benzene rings is 3. The van der Waals surface area contributed by atoms with Crippen LogP contribution >= 0.6 is 27.5 Å². The first kappa shape index (κ1) is 26.6. The minimum absolute atomic E-state index is 0.0842. The lowest BCUT2D eigenvalue weighted by atomic mass is 10.1. The number of likely N-dealkylation sites (N-methyl/N-ethyl adjacent to an activating group) is 1. The Balaban J connectivity index is 1.52. The first-order valence-electron chi connectivity index (χ1n) is 11.0. The Labute approximate surface area is 224 Å². The molecule has 1 aliphatic rings. The van der Waals surface area contributed by atoms with Gasteiger partial charge < -0.3 is 5.32 Å². The summed E-state index contributed by atoms with van der Waals surface area (Å²) >= 11 is 9.17. The van der Waals surface area contributed by atoms with E-state index in [9.17, 15) is 21.6 Å². The van der Waals surface area contributed by atoms with Crippen LogP contribution in [0.25, 0.3) is 0 Å². The molecule has 12 heteroatoms. The Morgan fingerprint density at radius 3 is 2.28 bits per heavy atom. The number of amides is 1. The highest BCUT2D eigenvalue weighted by Crippen LogP contribution is 2.35. The summed E-state index contributed by atoms with van der Waals surface area (Å²) in [6.45, 7) is 1.63. The zero-order valence-electron chi connectivity index (χ0n) is 19.2. The van der Waals surface area contributed by atoms with Gasteiger partial charge in [0.2, 0.25) is 15.9 Å². The van der Waals surface area contributed by atoms with E-state index < -0.39 is 32.5 Å². The summed E-state index contributed by atoms with van der Waals surface area (Å²) in [7, 11) is -7.69. The van der Waals surface area contributed by atoms with Crippen LogP contribution in [0.1, 0.15) is 12.5 Å². The number of sulfonamides is 2. The number of hydrogen-bond donors (Lipinski definition) is 1. The molecule has 190 valence electrons. The van der Waals surface area contributed by atoms with Gasteiger partial charge >= 0.3 is 0 Å². The summed E-state index contributed by atoms with van der Waals surface area (Å²) in [6, 6.07) is 17.1. The summed E-state index contributed by atoms with van der Waals surface area (Å²) < 4.78 is 55.5. The molecule has 1 N–H and O–H groups in total. The third-order valence-electron chi connectivity index (χ3n) is 5.75. The minimum Gasteiger partial charge on any atom is -0.325 e. The normalized spacial score (nSPS) is 13.6. The van der Waals surface area contributed by atoms with Gasteiger partial charge in [-0.3, -0.25) is 9.10 Å². The van der Waals surface area contributed by atoms with Crippen LogP contribution in [0.15, 0.2) is 81.0 Å². The largest absolute Gasteiger partial charge is 0.325 e. The molecule has 8 nitrogen and oxygen atoms in total. The minimum atomic E-state index is -3.87. The first-order valence-corrected chi connectivity index (χ1v) is 15.0. The molecule has 0 atom stereocenters. The van der Waals surface area contributed by atoms with Crippen LogP contribution in [0.4, 0.5) is 11.4 Å². The van der Waals surface area contributed by atoms with E-state index in [0.29, 0.717) is 22.8 Å². The van der Waals surface area contributed by atoms with E-state index in [1.54, 1.807) is 37.3 Å². The van der Waals surface area contributed by atoms with Crippen LogP contribution < -0.4 is 9.62 Å². The number of carbonyl (C=O) groups excluding carboxylic acids is 1. The van der Waals surface area contributed by atoms with Gasteiger partial charge in [-0.1, -0.05) is 40.5 Å². The highest BCUT2D eigenvalue weighted by molar-refractivity contribution is 9.10. The van der Waals surface area contributed by atoms with Gasteiger partial charge in [-0.25, -0.2) is 16.8 Å². The van der Waals surface area contributed by atoms with Crippen LogP contribution in [0.2, 0.25) is 5.02 Å². The molecule has 0 radical (unpaired) electrons. The lowest BCUT2D eigenvalue weighted by Gasteiger charge is -2.21. The zero-order valence-corrected chi connectivity index (χ0v) is 23.2. The monoisotopic (exact) mass is 611 g/mol. The Hall–Kier alpha value is -2.44. The van der Waals surface area contributed by atoms with Crippen molar-refractivity contribution < 1.29 is 21.6 Å². The second-order valence-electron chi connectivity index (χ2n) is 8.06. The van der Waals surface area contributed by atoms with E-state index >= 15 is 0 Å². The molecule has 0 aliphatic carbocycles. The Bertz CT molecular complexity index is 1500. The maximum atomic E-state index is 13.2. The topological polar surface area (TPSA) is 104 Å². The quantitative estimate of drug-likeness (QED) is 0.403. The second kappa shape index (κ2) is 10.5. The molecule has 3 aromatic rings. The maximum absolute atomic E-state index is 13.2. The van der Waals surface area contributed by atoms with Crippen LogP contribution in [-0.4, -0.2) is 46.7 Å². The van der Waals surface area contributed by atoms with Gasteiger partial charge in [0.05, 0.1) is 22.0 Å². The molecule has 3 aromatic carbocycles. The van der Waals surface area contributed by atoms with Crippen LogP contribution in [0.5, 0.6) is 0 Å². The van der Waals surface area contributed by atoms with E-state index in [0.717, 1.165) is 14.3 Å². The van der Waals surface area contributed by atoms with Crippen LogP contribution in [0.3, 0.4) is 0 Å². The number of anilines is 2. The lowest BCUT2D eigenvalue weighted by molar-refractivity contribution is -0.116. The highest BCUT2D eigenvalue weighted by Gasteiger charge is 2.31. The van der Waals surface area contributed by atoms with Gasteiger partial charge in [0.25, 0.3) is 10.0 Å². The van der Waals surface area contributed by atoms with E-state index in [4.69, 9.17) is 11.6 Å². The molecule has 0 unspecified atom stereocenters. The molecule has 4 rings (SSSR count). The molecular weight excluding hydrogens is 590 g/mol. The number of halogens is 2. The number of hydrogen-bond acceptors (Lipinski definition) is 5. The fourth-order valence-corrected chi connectivity index (χ4v) is 7.18. The van der Waals surface area contributed by atoms with Crippen molar-refractivity contribution in [3.63, 3.8) is 0 Å². The Kier molecular flexibility index (Phi) is 7.77. The molecule has 0 spiro atoms. The third-order valence-corrected chi connectivity index (χ3v) is 10.3. The van der Waals surface area contributed by atoms with Crippen molar-refractivity contribution in [2.45, 2.75) is 23.1 Å². The third kappa shape index (κ3) is 5.45. The van der Waals surface area contributed by atoms with Crippen LogP contribution in [-0.2, 0) is 31.3 Å². The first-order chi connectivity index (χ1) is 17.0. The number of rotatable bonds is 8. The van der Waals surface area contributed by atoms with Gasteiger partial charge in [0, 0.05) is 28.3 Å². The molecule has 0 saturated heterocycles. The van der Waals surface area contributed by atoms with Crippen molar-refractivity contribution in [3.05, 3.63) is 81.8 Å². The molecule has 0 saturated carbocycles. The molecule has 0 bridgehead atoms. The van der Waals surface area contributed by atoms with E-state index in [2.05, 4.69) is 21.2 Å². The SMILES string of the molecule is CCN(CC(=O)Nc1ccc2c(c1)N(S(=O)(=O)c1ccc(Cl)cc1)CC2)S(=O)(=O)c1ccc(Br)cc1. The number of carbonyl (C=O) groups is 1. The molecular formula is C24H23BrClN3O5S2. The van der Waals surface area contributed by atoms with Gasteiger partial charge in [0.15, 0.2) is 0 Å². The smallest absolute Gasteiger partial charge is 0.264 e. The molecule has 1 heterocycles. The Morgan fingerprint density at radius 1 is 1.00 bits per heavy atom. The molecule has 1 amide bonds. The van der Waals surface area contributed by atoms with E-state index in [1.807, 2.05) is 0 Å². The number of nitrogens with zero attached hydrogens (tertiary/aromatic N) is 2. The average Bonchev–Trinajstić information content (AvgIpc) is 3.27. The predicted octanol–water partition coefficient (Wildman–Crippen LogP) is 4.50. The van der Waals surface area contributed by atoms with Gasteiger partial charge in [-0.2, -0.15) is 4.31 Å². The summed E-state index contributed by atoms with van der Waals surface area (Å²) in [5.41, 5.74) is 1.67. The summed E-state index contributed by atoms with van der Waals surface area (Å²) in [4.78, 5) is 13.0. The van der Waals surface area contributed by atoms with Crippen molar-refractivity contribution in [2.24, 2.45) is 0 Å². The van der Waals surface area contributed by atoms with Crippen molar-refractivity contribution in [3.8, 4) is 0 Å². The fraction of sp³-hybridized carbons (Fsp3) is 0.208. The van der Waals surface area contributed by atoms with Crippen LogP contribution in [0, 0.1) is 0 Å². The summed E-state index contributed by atoms with van der Waals surface area (Å²) in [6.07, 6.45) is 0.533. The average molecular weight is 613 g/mol. The zero-order chi connectivity index (χ0) is 26.1. The lowest BCUT2D eigenvalue weighted by Crippen LogP contribution is -2.37. The Morgan fingerprint density at radius 2 is 1.64 bits per heavy atom. The van der Waals surface area contributed by atoms with E-state index in [-0.39, 0.29) is 22.9 Å². The van der Waals surface area contributed by atoms with Crippen molar-refractivity contribution >= 4 is 64.9 Å². The fourth-order valence-electron chi connectivity index (χ4n) is 3.89. The van der Waals surface area contributed by atoms with Gasteiger partial charge in [-0.15, -0.1) is 0 Å². The maximum Gasteiger partial charge on any atom is 0.264 e. The van der Waals surface area contributed by atoms with Crippen molar-refractivity contribution in [1.29, 1.82) is 0 Å². The highest BCUT2D eigenvalue weighted by atomic mass is 79.9. The number of nitrogens with one attached hydrogen (secondary N) is 1. The second-order valence-corrected chi connectivity index (χ2v) is 13.2. The molecule has 0 fully saturated rings. The molecule has 36 heavy (non-hydrogen) atoms. The predicted molar refractivity (Wildman–Crippen MR) is 143 cm³/mol. The van der Waals surface area contributed by atoms with Crippen molar-refractivity contribution in [2.75, 3.05) is 29.3 Å². The van der Waals surface area contributed by atoms with Gasteiger partial charge in [-0.05, 0) is 72.6 Å². The summed E-state index contributed by atoms with van der Waals surface area (Å²) in [5.74, 6) is -0.539. The van der Waals surface area contributed by atoms with Crippen molar-refractivity contribution in [1.82, 2.24) is 4.31 Å². The number of fused-ring (bicyclic) bond motifs is 1.